The fraction of sp³-hybridized carbons (Fsp3) is 0.538. The second-order valence-corrected chi connectivity index (χ2v) is 4.76. The van der Waals surface area contributed by atoms with E-state index in [4.69, 9.17) is 4.74 Å². The fourth-order valence-electron chi connectivity index (χ4n) is 2.28. The van der Waals surface area contributed by atoms with Crippen LogP contribution < -0.4 is 0 Å². The molecule has 1 aliphatic rings. The largest absolute Gasteiger partial charge is 0.378 e. The van der Waals surface area contributed by atoms with E-state index in [1.54, 1.807) is 15.6 Å². The minimum Gasteiger partial charge on any atom is -0.378 e. The summed E-state index contributed by atoms with van der Waals surface area (Å²) in [7, 11) is 0. The van der Waals surface area contributed by atoms with E-state index in [9.17, 15) is 4.79 Å². The van der Waals surface area contributed by atoms with Crippen LogP contribution in [0.5, 0.6) is 0 Å². The van der Waals surface area contributed by atoms with Gasteiger partial charge >= 0.3 is 0 Å². The zero-order chi connectivity index (χ0) is 14.1. The molecule has 20 heavy (non-hydrogen) atoms. The van der Waals surface area contributed by atoms with Gasteiger partial charge in [0.25, 0.3) is 11.7 Å². The molecule has 7 heteroatoms. The number of carbonyl (C=O) groups is 1. The van der Waals surface area contributed by atoms with Crippen molar-refractivity contribution in [3.05, 3.63) is 23.3 Å². The van der Waals surface area contributed by atoms with E-state index in [1.807, 2.05) is 13.8 Å². The zero-order valence-electron chi connectivity index (χ0n) is 11.7. The number of hydrogen-bond acceptors (Lipinski definition) is 5. The van der Waals surface area contributed by atoms with Crippen LogP contribution in [0.25, 0.3) is 5.78 Å². The summed E-state index contributed by atoms with van der Waals surface area (Å²) in [5, 5.41) is 4.37. The minimum absolute atomic E-state index is 0.0197. The molecule has 0 saturated carbocycles. The molecule has 106 valence electrons. The predicted molar refractivity (Wildman–Crippen MR) is 71.6 cm³/mol. The first kappa shape index (κ1) is 13.0. The van der Waals surface area contributed by atoms with Gasteiger partial charge in [-0.25, -0.2) is 9.50 Å². The lowest BCUT2D eigenvalue weighted by Gasteiger charge is -2.27. The van der Waals surface area contributed by atoms with Gasteiger partial charge in [0.2, 0.25) is 0 Å². The standard InChI is InChI=1S/C13H17N5O2/c1-3-11-15-13-14-8-10(9(2)18(13)16-11)12(19)17-4-6-20-7-5-17/h8H,3-7H2,1-2H3. The van der Waals surface area contributed by atoms with Gasteiger partial charge in [-0.15, -0.1) is 5.10 Å². The minimum atomic E-state index is -0.0197. The Morgan fingerprint density at radius 2 is 2.15 bits per heavy atom. The van der Waals surface area contributed by atoms with Crippen molar-refractivity contribution in [1.82, 2.24) is 24.5 Å². The Morgan fingerprint density at radius 1 is 1.40 bits per heavy atom. The number of amides is 1. The summed E-state index contributed by atoms with van der Waals surface area (Å²) >= 11 is 0. The second-order valence-electron chi connectivity index (χ2n) is 4.76. The first-order chi connectivity index (χ1) is 9.70. The summed E-state index contributed by atoms with van der Waals surface area (Å²) < 4.78 is 6.91. The molecule has 1 saturated heterocycles. The van der Waals surface area contributed by atoms with Crippen LogP contribution in [0.3, 0.4) is 0 Å². The lowest BCUT2D eigenvalue weighted by molar-refractivity contribution is 0.0301. The Labute approximate surface area is 116 Å². The van der Waals surface area contributed by atoms with Crippen LogP contribution in [0.4, 0.5) is 0 Å². The molecule has 3 rings (SSSR count). The number of aryl methyl sites for hydroxylation is 2. The van der Waals surface area contributed by atoms with E-state index >= 15 is 0 Å². The number of hydrogen-bond donors (Lipinski definition) is 0. The van der Waals surface area contributed by atoms with E-state index in [2.05, 4.69) is 15.1 Å². The van der Waals surface area contributed by atoms with Gasteiger partial charge in [-0.1, -0.05) is 6.92 Å². The van der Waals surface area contributed by atoms with E-state index in [0.717, 1.165) is 17.9 Å². The van der Waals surface area contributed by atoms with Crippen molar-refractivity contribution in [1.29, 1.82) is 0 Å². The highest BCUT2D eigenvalue weighted by molar-refractivity contribution is 5.95. The topological polar surface area (TPSA) is 72.6 Å². The number of carbonyl (C=O) groups excluding carboxylic acids is 1. The first-order valence-corrected chi connectivity index (χ1v) is 6.79. The van der Waals surface area contributed by atoms with Crippen LogP contribution in [-0.4, -0.2) is 56.7 Å². The van der Waals surface area contributed by atoms with Crippen molar-refractivity contribution in [2.45, 2.75) is 20.3 Å². The fourth-order valence-corrected chi connectivity index (χ4v) is 2.28. The van der Waals surface area contributed by atoms with Gasteiger partial charge in [-0.3, -0.25) is 4.79 Å². The lowest BCUT2D eigenvalue weighted by Crippen LogP contribution is -2.41. The third kappa shape index (κ3) is 2.14. The number of morpholine rings is 1. The van der Waals surface area contributed by atoms with Gasteiger partial charge in [0.15, 0.2) is 5.82 Å². The van der Waals surface area contributed by atoms with E-state index < -0.39 is 0 Å². The third-order valence-corrected chi connectivity index (χ3v) is 3.50. The van der Waals surface area contributed by atoms with Gasteiger partial charge in [-0.2, -0.15) is 4.98 Å². The molecule has 1 amide bonds. The van der Waals surface area contributed by atoms with Crippen LogP contribution in [0, 0.1) is 6.92 Å². The van der Waals surface area contributed by atoms with Gasteiger partial charge in [0, 0.05) is 25.7 Å². The number of ether oxygens (including phenoxy) is 1. The van der Waals surface area contributed by atoms with Crippen LogP contribution in [0.2, 0.25) is 0 Å². The van der Waals surface area contributed by atoms with Crippen LogP contribution >= 0.6 is 0 Å². The van der Waals surface area contributed by atoms with Crippen molar-refractivity contribution in [2.75, 3.05) is 26.3 Å². The molecule has 1 fully saturated rings. The highest BCUT2D eigenvalue weighted by Crippen LogP contribution is 2.13. The number of rotatable bonds is 2. The van der Waals surface area contributed by atoms with Crippen molar-refractivity contribution in [2.24, 2.45) is 0 Å². The summed E-state index contributed by atoms with van der Waals surface area (Å²) in [4.78, 5) is 22.8. The summed E-state index contributed by atoms with van der Waals surface area (Å²) in [6.45, 7) is 6.27. The second kappa shape index (κ2) is 5.16. The monoisotopic (exact) mass is 275 g/mol. The Morgan fingerprint density at radius 3 is 2.85 bits per heavy atom. The lowest BCUT2D eigenvalue weighted by atomic mass is 10.2. The molecule has 0 unspecified atom stereocenters. The van der Waals surface area contributed by atoms with E-state index in [-0.39, 0.29) is 5.91 Å². The first-order valence-electron chi connectivity index (χ1n) is 6.79. The molecular formula is C13H17N5O2. The molecule has 1 aliphatic heterocycles. The molecule has 0 aromatic carbocycles. The highest BCUT2D eigenvalue weighted by Gasteiger charge is 2.22. The van der Waals surface area contributed by atoms with E-state index in [1.165, 1.54) is 0 Å². The molecule has 0 spiro atoms. The Hall–Kier alpha value is -2.02. The van der Waals surface area contributed by atoms with Crippen molar-refractivity contribution >= 4 is 11.7 Å². The van der Waals surface area contributed by atoms with Gasteiger partial charge in [-0.05, 0) is 6.92 Å². The summed E-state index contributed by atoms with van der Waals surface area (Å²) in [5.41, 5.74) is 1.35. The molecule has 0 radical (unpaired) electrons. The summed E-state index contributed by atoms with van der Waals surface area (Å²) in [6.07, 6.45) is 2.34. The predicted octanol–water partition coefficient (Wildman–Crippen LogP) is 0.468. The normalized spacial score (nSPS) is 15.8. The maximum Gasteiger partial charge on any atom is 0.257 e. The maximum atomic E-state index is 12.5. The molecule has 2 aromatic heterocycles. The Balaban J connectivity index is 1.98. The van der Waals surface area contributed by atoms with Crippen LogP contribution in [0.1, 0.15) is 28.8 Å². The van der Waals surface area contributed by atoms with Crippen molar-refractivity contribution < 1.29 is 9.53 Å². The molecular weight excluding hydrogens is 258 g/mol. The summed E-state index contributed by atoms with van der Waals surface area (Å²) in [6, 6.07) is 0. The molecule has 0 aliphatic carbocycles. The molecule has 7 nitrogen and oxygen atoms in total. The van der Waals surface area contributed by atoms with Gasteiger partial charge in [0.1, 0.15) is 0 Å². The Bertz CT molecular complexity index is 645. The third-order valence-electron chi connectivity index (χ3n) is 3.50. The number of nitrogens with zero attached hydrogens (tertiary/aromatic N) is 5. The van der Waals surface area contributed by atoms with Gasteiger partial charge < -0.3 is 9.64 Å². The van der Waals surface area contributed by atoms with Crippen LogP contribution in [-0.2, 0) is 11.2 Å². The average Bonchev–Trinajstić information content (AvgIpc) is 2.92. The zero-order valence-corrected chi connectivity index (χ0v) is 11.7. The molecule has 0 N–H and O–H groups in total. The maximum absolute atomic E-state index is 12.5. The molecule has 2 aromatic rings. The average molecular weight is 275 g/mol. The van der Waals surface area contributed by atoms with Crippen LogP contribution in [0.15, 0.2) is 6.20 Å². The Kier molecular flexibility index (Phi) is 3.35. The van der Waals surface area contributed by atoms with Crippen molar-refractivity contribution in [3.63, 3.8) is 0 Å². The van der Waals surface area contributed by atoms with E-state index in [0.29, 0.717) is 37.6 Å². The smallest absolute Gasteiger partial charge is 0.257 e. The molecule has 0 atom stereocenters. The number of aromatic nitrogens is 4. The van der Waals surface area contributed by atoms with Gasteiger partial charge in [0.05, 0.1) is 24.5 Å². The highest BCUT2D eigenvalue weighted by atomic mass is 16.5. The molecule has 3 heterocycles. The quantitative estimate of drug-likeness (QED) is 0.796. The van der Waals surface area contributed by atoms with Crippen molar-refractivity contribution in [3.8, 4) is 0 Å². The number of fused-ring (bicyclic) bond motifs is 1. The molecule has 0 bridgehead atoms. The summed E-state index contributed by atoms with van der Waals surface area (Å²) in [5.74, 6) is 1.25. The SMILES string of the molecule is CCc1nc2ncc(C(=O)N3CCOCC3)c(C)n2n1.